The smallest absolute Gasteiger partial charge is 0.233 e. The number of rotatable bonds is 8. The van der Waals surface area contributed by atoms with Gasteiger partial charge in [0, 0.05) is 26.2 Å². The Morgan fingerprint density at radius 2 is 2.00 bits per heavy atom. The number of morpholine rings is 1. The average molecular weight is 416 g/mol. The van der Waals surface area contributed by atoms with Gasteiger partial charge in [0.15, 0.2) is 5.16 Å². The zero-order chi connectivity index (χ0) is 20.8. The second kappa shape index (κ2) is 9.93. The first-order valence-electron chi connectivity index (χ1n) is 9.90. The van der Waals surface area contributed by atoms with Crippen LogP contribution in [0.4, 0.5) is 5.95 Å². The zero-order valence-corrected chi connectivity index (χ0v) is 18.2. The van der Waals surface area contributed by atoms with Crippen LogP contribution in [0, 0.1) is 6.92 Å². The van der Waals surface area contributed by atoms with Crippen molar-refractivity contribution in [3.8, 4) is 5.69 Å². The lowest BCUT2D eigenvalue weighted by Gasteiger charge is -2.28. The molecule has 0 unspecified atom stereocenters. The van der Waals surface area contributed by atoms with Gasteiger partial charge in [0.05, 0.1) is 24.7 Å². The van der Waals surface area contributed by atoms with E-state index < -0.39 is 0 Å². The molecule has 8 heteroatoms. The molecule has 0 N–H and O–H groups in total. The maximum Gasteiger partial charge on any atom is 0.233 e. The van der Waals surface area contributed by atoms with Gasteiger partial charge in [0.2, 0.25) is 11.9 Å². The molecular weight excluding hydrogens is 386 g/mol. The number of carbonyl (C=O) groups is 1. The Morgan fingerprint density at radius 1 is 1.28 bits per heavy atom. The Bertz CT molecular complexity index is 861. The number of hydrogen-bond acceptors (Lipinski definition) is 6. The molecule has 0 saturated carbocycles. The fourth-order valence-electron chi connectivity index (χ4n) is 3.27. The number of aromatic nitrogens is 3. The fourth-order valence-corrected chi connectivity index (χ4v) is 4.11. The van der Waals surface area contributed by atoms with Crippen molar-refractivity contribution in [1.29, 1.82) is 0 Å². The number of nitrogens with zero attached hydrogens (tertiary/aromatic N) is 5. The molecule has 0 radical (unpaired) electrons. The van der Waals surface area contributed by atoms with E-state index >= 15 is 0 Å². The quantitative estimate of drug-likeness (QED) is 0.488. The molecule has 1 amide bonds. The average Bonchev–Trinajstić information content (AvgIpc) is 3.14. The molecule has 1 aliphatic rings. The van der Waals surface area contributed by atoms with Gasteiger partial charge in [-0.05, 0) is 32.4 Å². The molecule has 0 aliphatic carbocycles. The maximum atomic E-state index is 12.7. The van der Waals surface area contributed by atoms with Gasteiger partial charge in [-0.2, -0.15) is 0 Å². The van der Waals surface area contributed by atoms with Crippen LogP contribution in [-0.4, -0.2) is 70.7 Å². The van der Waals surface area contributed by atoms with E-state index in [1.54, 1.807) is 0 Å². The molecule has 0 spiro atoms. The van der Waals surface area contributed by atoms with Crippen LogP contribution in [-0.2, 0) is 9.53 Å². The molecule has 29 heavy (non-hydrogen) atoms. The fraction of sp³-hybridized carbons (Fsp3) is 0.476. The van der Waals surface area contributed by atoms with Crippen LogP contribution < -0.4 is 4.90 Å². The monoisotopic (exact) mass is 415 g/mol. The Morgan fingerprint density at radius 3 is 2.66 bits per heavy atom. The van der Waals surface area contributed by atoms with Gasteiger partial charge in [-0.15, -0.1) is 10.2 Å². The van der Waals surface area contributed by atoms with Gasteiger partial charge >= 0.3 is 0 Å². The van der Waals surface area contributed by atoms with Gasteiger partial charge in [-0.25, -0.2) is 0 Å². The highest BCUT2D eigenvalue weighted by Gasteiger charge is 2.23. The van der Waals surface area contributed by atoms with Gasteiger partial charge in [-0.1, -0.05) is 42.1 Å². The molecule has 2 aromatic rings. The van der Waals surface area contributed by atoms with Crippen LogP contribution in [0.3, 0.4) is 0 Å². The van der Waals surface area contributed by atoms with E-state index in [1.165, 1.54) is 11.8 Å². The number of ether oxygens (including phenoxy) is 1. The van der Waals surface area contributed by atoms with E-state index in [1.807, 2.05) is 30.9 Å². The van der Waals surface area contributed by atoms with Crippen molar-refractivity contribution in [2.24, 2.45) is 0 Å². The van der Waals surface area contributed by atoms with Crippen LogP contribution in [0.15, 0.2) is 41.6 Å². The van der Waals surface area contributed by atoms with Crippen molar-refractivity contribution < 1.29 is 9.53 Å². The molecule has 1 aliphatic heterocycles. The third-order valence-electron chi connectivity index (χ3n) is 4.79. The lowest BCUT2D eigenvalue weighted by atomic mass is 10.2. The van der Waals surface area contributed by atoms with E-state index in [0.29, 0.717) is 32.1 Å². The van der Waals surface area contributed by atoms with Crippen molar-refractivity contribution >= 4 is 23.6 Å². The molecule has 0 bridgehead atoms. The number of aryl methyl sites for hydroxylation is 1. The predicted molar refractivity (Wildman–Crippen MR) is 117 cm³/mol. The summed E-state index contributed by atoms with van der Waals surface area (Å²) in [5.74, 6) is 1.19. The first-order chi connectivity index (χ1) is 14.0. The number of benzene rings is 1. The highest BCUT2D eigenvalue weighted by molar-refractivity contribution is 7.99. The van der Waals surface area contributed by atoms with Crippen molar-refractivity contribution in [1.82, 2.24) is 19.7 Å². The first-order valence-corrected chi connectivity index (χ1v) is 10.9. The highest BCUT2D eigenvalue weighted by Crippen LogP contribution is 2.29. The van der Waals surface area contributed by atoms with E-state index in [4.69, 9.17) is 4.74 Å². The van der Waals surface area contributed by atoms with Crippen molar-refractivity contribution in [3.05, 3.63) is 42.0 Å². The summed E-state index contributed by atoms with van der Waals surface area (Å²) in [6, 6.07) is 8.17. The summed E-state index contributed by atoms with van der Waals surface area (Å²) in [6.45, 7) is 14.1. The number of para-hydroxylation sites is 1. The topological polar surface area (TPSA) is 63.5 Å². The highest BCUT2D eigenvalue weighted by atomic mass is 32.2. The zero-order valence-electron chi connectivity index (χ0n) is 17.4. The molecular formula is C21H29N5O2S. The number of likely N-dealkylation sites (N-methyl/N-ethyl adjacent to an activating group) is 1. The largest absolute Gasteiger partial charge is 0.378 e. The summed E-state index contributed by atoms with van der Waals surface area (Å²) < 4.78 is 7.55. The first kappa shape index (κ1) is 21.4. The van der Waals surface area contributed by atoms with E-state index in [2.05, 4.69) is 45.3 Å². The van der Waals surface area contributed by atoms with Gasteiger partial charge in [-0.3, -0.25) is 9.36 Å². The summed E-state index contributed by atoms with van der Waals surface area (Å²) in [5, 5.41) is 9.63. The molecule has 1 saturated heterocycles. The molecule has 1 aromatic carbocycles. The molecule has 7 nitrogen and oxygen atoms in total. The van der Waals surface area contributed by atoms with Crippen LogP contribution in [0.1, 0.15) is 19.4 Å². The molecule has 2 heterocycles. The third-order valence-corrected chi connectivity index (χ3v) is 5.70. The van der Waals surface area contributed by atoms with Gasteiger partial charge in [0.25, 0.3) is 0 Å². The van der Waals surface area contributed by atoms with Crippen molar-refractivity contribution in [3.63, 3.8) is 0 Å². The van der Waals surface area contributed by atoms with Crippen LogP contribution >= 0.6 is 11.8 Å². The number of thioether (sulfide) groups is 1. The summed E-state index contributed by atoms with van der Waals surface area (Å²) in [4.78, 5) is 16.7. The number of anilines is 1. The number of amides is 1. The lowest BCUT2D eigenvalue weighted by molar-refractivity contribution is -0.127. The second-order valence-electron chi connectivity index (χ2n) is 7.16. The number of carbonyl (C=O) groups excluding carboxylic acids is 1. The summed E-state index contributed by atoms with van der Waals surface area (Å²) in [7, 11) is 0. The molecule has 156 valence electrons. The van der Waals surface area contributed by atoms with Crippen LogP contribution in [0.25, 0.3) is 5.69 Å². The summed E-state index contributed by atoms with van der Waals surface area (Å²) >= 11 is 1.42. The minimum Gasteiger partial charge on any atom is -0.378 e. The Hall–Kier alpha value is -2.32. The van der Waals surface area contributed by atoms with Crippen LogP contribution in [0.2, 0.25) is 0 Å². The van der Waals surface area contributed by atoms with Gasteiger partial charge < -0.3 is 14.5 Å². The minimum atomic E-state index is 0.0766. The predicted octanol–water partition coefficient (Wildman–Crippen LogP) is 2.93. The Balaban J connectivity index is 1.86. The third kappa shape index (κ3) is 5.19. The second-order valence-corrected chi connectivity index (χ2v) is 8.10. The number of hydrogen-bond donors (Lipinski definition) is 0. The van der Waals surface area contributed by atoms with Gasteiger partial charge in [0.1, 0.15) is 0 Å². The van der Waals surface area contributed by atoms with E-state index in [9.17, 15) is 4.79 Å². The van der Waals surface area contributed by atoms with Crippen LogP contribution in [0.5, 0.6) is 0 Å². The normalized spacial score (nSPS) is 14.1. The molecule has 1 aromatic heterocycles. The maximum absolute atomic E-state index is 12.7. The Kier molecular flexibility index (Phi) is 7.33. The van der Waals surface area contributed by atoms with Crippen molar-refractivity contribution in [2.75, 3.05) is 50.0 Å². The van der Waals surface area contributed by atoms with Crippen molar-refractivity contribution in [2.45, 2.75) is 25.9 Å². The van der Waals surface area contributed by atoms with E-state index in [0.717, 1.165) is 41.0 Å². The molecule has 0 atom stereocenters. The molecule has 3 rings (SSSR count). The summed E-state index contributed by atoms with van der Waals surface area (Å²) in [6.07, 6.45) is 0. The minimum absolute atomic E-state index is 0.0766. The standard InChI is InChI=1S/C21H29N5O2S/c1-5-24(14-16(2)3)19(27)15-29-21-23-22-20(25-10-12-28-13-11-25)26(21)18-9-7-6-8-17(18)4/h6-9H,2,5,10-15H2,1,3-4H3. The molecule has 1 fully saturated rings. The lowest BCUT2D eigenvalue weighted by Crippen LogP contribution is -2.38. The Labute approximate surface area is 176 Å². The van der Waals surface area contributed by atoms with E-state index in [-0.39, 0.29) is 5.91 Å². The SMILES string of the molecule is C=C(C)CN(CC)C(=O)CSc1nnc(N2CCOCC2)n1-c1ccccc1C. The summed E-state index contributed by atoms with van der Waals surface area (Å²) in [5.41, 5.74) is 3.14.